The van der Waals surface area contributed by atoms with E-state index < -0.39 is 12.8 Å². The van der Waals surface area contributed by atoms with Gasteiger partial charge in [-0.1, -0.05) is 0 Å². The Morgan fingerprint density at radius 2 is 2.50 bits per heavy atom. The van der Waals surface area contributed by atoms with E-state index in [9.17, 15) is 9.18 Å². The van der Waals surface area contributed by atoms with Gasteiger partial charge in [0.2, 0.25) is 0 Å². The summed E-state index contributed by atoms with van der Waals surface area (Å²) >= 11 is 0. The van der Waals surface area contributed by atoms with Crippen LogP contribution in [-0.2, 0) is 4.74 Å². The molecule has 0 bridgehead atoms. The van der Waals surface area contributed by atoms with E-state index in [1.807, 2.05) is 0 Å². The Bertz CT molecular complexity index is 487. The highest BCUT2D eigenvalue weighted by molar-refractivity contribution is 5.14. The first kappa shape index (κ1) is 9.77. The molecule has 1 aromatic heterocycles. The van der Waals surface area contributed by atoms with Crippen molar-refractivity contribution >= 4 is 0 Å². The normalized spacial score (nSPS) is 31.0. The molecule has 1 aromatic rings. The van der Waals surface area contributed by atoms with Crippen LogP contribution in [0.15, 0.2) is 11.0 Å². The van der Waals surface area contributed by atoms with E-state index in [4.69, 9.17) is 9.47 Å². The lowest BCUT2D eigenvalue weighted by Gasteiger charge is -2.11. The lowest BCUT2D eigenvalue weighted by Crippen LogP contribution is -2.17. The Hall–Kier alpha value is -1.43. The van der Waals surface area contributed by atoms with Gasteiger partial charge in [-0.25, -0.2) is 4.39 Å². The highest BCUT2D eigenvalue weighted by Crippen LogP contribution is 2.38. The topological polar surface area (TPSA) is 53.4 Å². The van der Waals surface area contributed by atoms with Gasteiger partial charge in [0, 0.05) is 18.2 Å². The van der Waals surface area contributed by atoms with Crippen molar-refractivity contribution in [3.05, 3.63) is 22.1 Å². The summed E-state index contributed by atoms with van der Waals surface area (Å²) in [5.74, 6) is 0. The maximum absolute atomic E-state index is 12.5. The van der Waals surface area contributed by atoms with E-state index in [0.29, 0.717) is 12.0 Å². The summed E-state index contributed by atoms with van der Waals surface area (Å²) in [5.41, 5.74) is 0.230. The maximum Gasteiger partial charge on any atom is 0.302 e. The predicted octanol–water partition coefficient (Wildman–Crippen LogP) is 0.570. The van der Waals surface area contributed by atoms with E-state index in [1.54, 1.807) is 17.7 Å². The van der Waals surface area contributed by atoms with Gasteiger partial charge in [-0.05, 0) is 6.92 Å². The zero-order valence-electron chi connectivity index (χ0n) is 8.72. The SMILES string of the molecule is Cc1cn2c(nc1=O)OC1CC(CF)OC12. The lowest BCUT2D eigenvalue weighted by atomic mass is 10.2. The molecule has 3 atom stereocenters. The third-order valence-corrected chi connectivity index (χ3v) is 2.94. The molecule has 0 spiro atoms. The molecule has 86 valence electrons. The molecule has 2 aliphatic rings. The quantitative estimate of drug-likeness (QED) is 0.702. The Kier molecular flexibility index (Phi) is 2.00. The summed E-state index contributed by atoms with van der Waals surface area (Å²) in [7, 11) is 0. The van der Waals surface area contributed by atoms with Crippen molar-refractivity contribution in [1.82, 2.24) is 9.55 Å². The number of ether oxygens (including phenoxy) is 2. The molecular weight excluding hydrogens is 215 g/mol. The molecule has 0 aromatic carbocycles. The maximum atomic E-state index is 12.5. The monoisotopic (exact) mass is 226 g/mol. The number of hydrogen-bond donors (Lipinski definition) is 0. The summed E-state index contributed by atoms with van der Waals surface area (Å²) in [6, 6.07) is 0.267. The largest absolute Gasteiger partial charge is 0.456 e. The van der Waals surface area contributed by atoms with Gasteiger partial charge in [-0.15, -0.1) is 0 Å². The van der Waals surface area contributed by atoms with E-state index >= 15 is 0 Å². The number of hydrogen-bond acceptors (Lipinski definition) is 4. The molecule has 0 N–H and O–H groups in total. The molecular formula is C10H11FN2O3. The Labute approximate surface area is 90.8 Å². The van der Waals surface area contributed by atoms with E-state index in [2.05, 4.69) is 4.98 Å². The first-order valence-corrected chi connectivity index (χ1v) is 5.17. The second kappa shape index (κ2) is 3.28. The number of alkyl halides is 1. The van der Waals surface area contributed by atoms with Crippen molar-refractivity contribution < 1.29 is 13.9 Å². The van der Waals surface area contributed by atoms with Crippen LogP contribution in [-0.4, -0.2) is 28.4 Å². The minimum absolute atomic E-state index is 0.227. The van der Waals surface area contributed by atoms with Crippen LogP contribution in [0.5, 0.6) is 6.01 Å². The van der Waals surface area contributed by atoms with Crippen LogP contribution in [0, 0.1) is 6.92 Å². The van der Waals surface area contributed by atoms with Gasteiger partial charge in [-0.2, -0.15) is 4.98 Å². The van der Waals surface area contributed by atoms with E-state index in [-0.39, 0.29) is 23.9 Å². The number of nitrogens with zero attached hydrogens (tertiary/aromatic N) is 2. The lowest BCUT2D eigenvalue weighted by molar-refractivity contribution is -0.0129. The molecule has 0 radical (unpaired) electrons. The van der Waals surface area contributed by atoms with Crippen molar-refractivity contribution in [3.63, 3.8) is 0 Å². The van der Waals surface area contributed by atoms with Crippen LogP contribution < -0.4 is 10.3 Å². The van der Waals surface area contributed by atoms with Gasteiger partial charge < -0.3 is 9.47 Å². The number of aryl methyl sites for hydroxylation is 1. The van der Waals surface area contributed by atoms with Gasteiger partial charge in [-0.3, -0.25) is 9.36 Å². The molecule has 0 amide bonds. The molecule has 1 saturated heterocycles. The highest BCUT2D eigenvalue weighted by Gasteiger charge is 2.44. The number of halogens is 1. The molecule has 3 heterocycles. The predicted molar refractivity (Wildman–Crippen MR) is 52.2 cm³/mol. The molecule has 2 aliphatic heterocycles. The van der Waals surface area contributed by atoms with Crippen molar-refractivity contribution in [3.8, 4) is 6.01 Å². The summed E-state index contributed by atoms with van der Waals surface area (Å²) < 4.78 is 25.1. The fourth-order valence-corrected chi connectivity index (χ4v) is 2.12. The van der Waals surface area contributed by atoms with Crippen LogP contribution in [0.2, 0.25) is 0 Å². The van der Waals surface area contributed by atoms with Crippen LogP contribution in [0.1, 0.15) is 18.2 Å². The second-order valence-corrected chi connectivity index (χ2v) is 4.11. The van der Waals surface area contributed by atoms with Gasteiger partial charge in [0.15, 0.2) is 6.23 Å². The van der Waals surface area contributed by atoms with Crippen molar-refractivity contribution in [2.24, 2.45) is 0 Å². The van der Waals surface area contributed by atoms with Crippen molar-refractivity contribution in [2.75, 3.05) is 6.67 Å². The van der Waals surface area contributed by atoms with E-state index in [1.165, 1.54) is 0 Å². The molecule has 1 fully saturated rings. The first-order valence-electron chi connectivity index (χ1n) is 5.17. The minimum Gasteiger partial charge on any atom is -0.456 e. The van der Waals surface area contributed by atoms with E-state index in [0.717, 1.165) is 0 Å². The Morgan fingerprint density at radius 3 is 3.25 bits per heavy atom. The van der Waals surface area contributed by atoms with Gasteiger partial charge in [0.25, 0.3) is 5.56 Å². The van der Waals surface area contributed by atoms with Crippen molar-refractivity contribution in [2.45, 2.75) is 31.8 Å². The highest BCUT2D eigenvalue weighted by atomic mass is 19.1. The molecule has 3 rings (SSSR count). The summed E-state index contributed by atoms with van der Waals surface area (Å²) in [4.78, 5) is 15.1. The number of aromatic nitrogens is 2. The standard InChI is InChI=1S/C10H11FN2O3/c1-5-4-13-9-7(2-6(3-11)15-9)16-10(13)12-8(5)14/h4,6-7,9H,2-3H2,1H3. The summed E-state index contributed by atoms with van der Waals surface area (Å²) in [6.45, 7) is 1.16. The third kappa shape index (κ3) is 1.26. The van der Waals surface area contributed by atoms with Gasteiger partial charge in [0.1, 0.15) is 12.8 Å². The third-order valence-electron chi connectivity index (χ3n) is 2.94. The van der Waals surface area contributed by atoms with Crippen molar-refractivity contribution in [1.29, 1.82) is 0 Å². The molecule has 6 heteroatoms. The molecule has 16 heavy (non-hydrogen) atoms. The molecule has 3 unspecified atom stereocenters. The Balaban J connectivity index is 2.00. The summed E-state index contributed by atoms with van der Waals surface area (Å²) in [6.07, 6.45) is 1.16. The number of fused-ring (bicyclic) bond motifs is 3. The zero-order valence-corrected chi connectivity index (χ0v) is 8.72. The summed E-state index contributed by atoms with van der Waals surface area (Å²) in [5, 5.41) is 0. The average Bonchev–Trinajstić information content (AvgIpc) is 2.77. The molecule has 5 nitrogen and oxygen atoms in total. The second-order valence-electron chi connectivity index (χ2n) is 4.11. The van der Waals surface area contributed by atoms with Crippen LogP contribution in [0.3, 0.4) is 0 Å². The van der Waals surface area contributed by atoms with Crippen LogP contribution >= 0.6 is 0 Å². The number of rotatable bonds is 1. The fourth-order valence-electron chi connectivity index (χ4n) is 2.12. The minimum atomic E-state index is -0.516. The molecule has 0 aliphatic carbocycles. The van der Waals surface area contributed by atoms with Gasteiger partial charge in [0.05, 0.1) is 6.10 Å². The fraction of sp³-hybridized carbons (Fsp3) is 0.600. The Morgan fingerprint density at radius 1 is 1.69 bits per heavy atom. The van der Waals surface area contributed by atoms with Crippen LogP contribution in [0.4, 0.5) is 4.39 Å². The molecule has 0 saturated carbocycles. The first-order chi connectivity index (χ1) is 7.69. The van der Waals surface area contributed by atoms with Crippen LogP contribution in [0.25, 0.3) is 0 Å². The average molecular weight is 226 g/mol. The smallest absolute Gasteiger partial charge is 0.302 e. The zero-order chi connectivity index (χ0) is 11.3. The van der Waals surface area contributed by atoms with Gasteiger partial charge >= 0.3 is 6.01 Å².